The van der Waals surface area contributed by atoms with Crippen LogP contribution in [0.5, 0.6) is 0 Å². The van der Waals surface area contributed by atoms with E-state index in [-0.39, 0.29) is 3.92 Å². The second kappa shape index (κ2) is 4.56. The number of halogens is 4. The maximum Gasteiger partial charge on any atom is 0.435 e. The van der Waals surface area contributed by atoms with Crippen LogP contribution in [0.3, 0.4) is 0 Å². The van der Waals surface area contributed by atoms with Gasteiger partial charge in [0.25, 0.3) is 0 Å². The Labute approximate surface area is 108 Å². The van der Waals surface area contributed by atoms with Crippen LogP contribution in [0.4, 0.5) is 13.2 Å². The molecule has 0 N–H and O–H groups in total. The van der Waals surface area contributed by atoms with Crippen molar-refractivity contribution in [2.45, 2.75) is 32.5 Å². The minimum Gasteiger partial charge on any atom is -0.456 e. The highest BCUT2D eigenvalue weighted by Crippen LogP contribution is 2.36. The standard InChI is InChI=1S/C9H9BrF3NO2S/c1-8(2,3)16-6(15)4-5(9(11,12)13)14-7(10)17-4/h1-3H3. The number of ether oxygens (including phenoxy) is 1. The van der Waals surface area contributed by atoms with Crippen LogP contribution in [0.15, 0.2) is 3.92 Å². The third kappa shape index (κ3) is 3.95. The van der Waals surface area contributed by atoms with Crippen LogP contribution in [-0.4, -0.2) is 16.6 Å². The lowest BCUT2D eigenvalue weighted by Crippen LogP contribution is -2.25. The predicted molar refractivity (Wildman–Crippen MR) is 60.0 cm³/mol. The second-order valence-electron chi connectivity index (χ2n) is 4.14. The van der Waals surface area contributed by atoms with Crippen molar-refractivity contribution in [3.05, 3.63) is 14.5 Å². The van der Waals surface area contributed by atoms with Crippen LogP contribution in [0.1, 0.15) is 36.1 Å². The van der Waals surface area contributed by atoms with Crippen LogP contribution in [0.2, 0.25) is 0 Å². The molecule has 3 nitrogen and oxygen atoms in total. The smallest absolute Gasteiger partial charge is 0.435 e. The molecule has 17 heavy (non-hydrogen) atoms. The van der Waals surface area contributed by atoms with E-state index in [4.69, 9.17) is 4.74 Å². The summed E-state index contributed by atoms with van der Waals surface area (Å²) in [6.45, 7) is 4.73. The molecular formula is C9H9BrF3NO2S. The van der Waals surface area contributed by atoms with E-state index in [2.05, 4.69) is 20.9 Å². The van der Waals surface area contributed by atoms with Gasteiger partial charge >= 0.3 is 12.1 Å². The van der Waals surface area contributed by atoms with Crippen LogP contribution < -0.4 is 0 Å². The van der Waals surface area contributed by atoms with Crippen molar-refractivity contribution in [1.82, 2.24) is 4.98 Å². The molecule has 0 spiro atoms. The number of hydrogen-bond acceptors (Lipinski definition) is 4. The summed E-state index contributed by atoms with van der Waals surface area (Å²) < 4.78 is 42.6. The SMILES string of the molecule is CC(C)(C)OC(=O)c1sc(Br)nc1C(F)(F)F. The molecule has 1 rings (SSSR count). The zero-order chi connectivity index (χ0) is 13.4. The lowest BCUT2D eigenvalue weighted by atomic mass is 10.2. The fourth-order valence-corrected chi connectivity index (χ4v) is 2.30. The maximum absolute atomic E-state index is 12.6. The molecule has 0 radical (unpaired) electrons. The van der Waals surface area contributed by atoms with Crippen LogP contribution in [-0.2, 0) is 10.9 Å². The van der Waals surface area contributed by atoms with Gasteiger partial charge in [0, 0.05) is 0 Å². The Bertz CT molecular complexity index is 436. The molecule has 0 saturated heterocycles. The summed E-state index contributed by atoms with van der Waals surface area (Å²) in [6, 6.07) is 0. The Kier molecular flexibility index (Phi) is 3.87. The van der Waals surface area contributed by atoms with Crippen molar-refractivity contribution in [2.24, 2.45) is 0 Å². The van der Waals surface area contributed by atoms with E-state index >= 15 is 0 Å². The van der Waals surface area contributed by atoms with E-state index in [9.17, 15) is 18.0 Å². The predicted octanol–water partition coefficient (Wildman–Crippen LogP) is 3.88. The van der Waals surface area contributed by atoms with Crippen LogP contribution in [0, 0.1) is 0 Å². The number of rotatable bonds is 1. The number of carbonyl (C=O) groups excluding carboxylic acids is 1. The molecule has 0 amide bonds. The molecule has 0 aliphatic carbocycles. The van der Waals surface area contributed by atoms with Gasteiger partial charge in [-0.25, -0.2) is 9.78 Å². The summed E-state index contributed by atoms with van der Waals surface area (Å²) in [7, 11) is 0. The molecule has 0 aromatic carbocycles. The molecule has 1 aromatic heterocycles. The third-order valence-electron chi connectivity index (χ3n) is 1.45. The van der Waals surface area contributed by atoms with Gasteiger partial charge in [0.05, 0.1) is 0 Å². The lowest BCUT2D eigenvalue weighted by molar-refractivity contribution is -0.141. The highest BCUT2D eigenvalue weighted by Gasteiger charge is 2.40. The third-order valence-corrected chi connectivity index (χ3v) is 2.94. The quantitative estimate of drug-likeness (QED) is 0.733. The van der Waals surface area contributed by atoms with Crippen molar-refractivity contribution in [3.63, 3.8) is 0 Å². The summed E-state index contributed by atoms with van der Waals surface area (Å²) in [5.41, 5.74) is -2.07. The highest BCUT2D eigenvalue weighted by atomic mass is 79.9. The van der Waals surface area contributed by atoms with Gasteiger partial charge in [-0.2, -0.15) is 13.2 Å². The fourth-order valence-electron chi connectivity index (χ4n) is 0.949. The molecule has 0 fully saturated rings. The van der Waals surface area contributed by atoms with E-state index in [0.29, 0.717) is 11.3 Å². The van der Waals surface area contributed by atoms with Gasteiger partial charge in [0.15, 0.2) is 9.61 Å². The molecular weight excluding hydrogens is 323 g/mol. The number of alkyl halides is 3. The molecule has 0 unspecified atom stereocenters. The van der Waals surface area contributed by atoms with Gasteiger partial charge in [-0.15, -0.1) is 0 Å². The number of carbonyl (C=O) groups is 1. The maximum atomic E-state index is 12.6. The Hall–Kier alpha value is -0.630. The van der Waals surface area contributed by atoms with Gasteiger partial charge in [0.1, 0.15) is 10.5 Å². The molecule has 0 atom stereocenters. The molecule has 0 saturated carbocycles. The lowest BCUT2D eigenvalue weighted by Gasteiger charge is -2.19. The van der Waals surface area contributed by atoms with Gasteiger partial charge in [0.2, 0.25) is 0 Å². The van der Waals surface area contributed by atoms with Crippen molar-refractivity contribution in [3.8, 4) is 0 Å². The number of thiazole rings is 1. The average molecular weight is 332 g/mol. The van der Waals surface area contributed by atoms with E-state index in [1.165, 1.54) is 0 Å². The zero-order valence-electron chi connectivity index (χ0n) is 9.18. The first-order valence-electron chi connectivity index (χ1n) is 4.47. The van der Waals surface area contributed by atoms with E-state index in [0.717, 1.165) is 0 Å². The molecule has 1 aromatic rings. The van der Waals surface area contributed by atoms with E-state index in [1.54, 1.807) is 20.8 Å². The van der Waals surface area contributed by atoms with Gasteiger partial charge in [-0.3, -0.25) is 0 Å². The van der Waals surface area contributed by atoms with Gasteiger partial charge < -0.3 is 4.74 Å². The van der Waals surface area contributed by atoms with E-state index < -0.39 is 28.3 Å². The first kappa shape index (κ1) is 14.4. The molecule has 8 heteroatoms. The Morgan fingerprint density at radius 3 is 2.29 bits per heavy atom. The number of hydrogen-bond donors (Lipinski definition) is 0. The first-order chi connectivity index (χ1) is 7.50. The Morgan fingerprint density at radius 2 is 1.88 bits per heavy atom. The molecule has 0 aliphatic rings. The molecule has 1 heterocycles. The molecule has 96 valence electrons. The number of nitrogens with zero attached hydrogens (tertiary/aromatic N) is 1. The zero-order valence-corrected chi connectivity index (χ0v) is 11.6. The van der Waals surface area contributed by atoms with Crippen LogP contribution in [0.25, 0.3) is 0 Å². The Balaban J connectivity index is 3.10. The average Bonchev–Trinajstić information content (AvgIpc) is 2.43. The topological polar surface area (TPSA) is 39.2 Å². The van der Waals surface area contributed by atoms with Crippen molar-refractivity contribution in [1.29, 1.82) is 0 Å². The summed E-state index contributed by atoms with van der Waals surface area (Å²) in [5.74, 6) is -1.02. The second-order valence-corrected chi connectivity index (χ2v) is 6.42. The highest BCUT2D eigenvalue weighted by molar-refractivity contribution is 9.11. The minimum atomic E-state index is -4.67. The summed E-state index contributed by atoms with van der Waals surface area (Å²) in [6.07, 6.45) is -4.67. The monoisotopic (exact) mass is 331 g/mol. The van der Waals surface area contributed by atoms with Gasteiger partial charge in [-0.05, 0) is 36.7 Å². The van der Waals surface area contributed by atoms with Crippen LogP contribution >= 0.6 is 27.3 Å². The summed E-state index contributed by atoms with van der Waals surface area (Å²) in [4.78, 5) is 14.3. The number of aromatic nitrogens is 1. The molecule has 0 aliphatic heterocycles. The van der Waals surface area contributed by atoms with Gasteiger partial charge in [-0.1, -0.05) is 11.3 Å². The molecule has 0 bridgehead atoms. The first-order valence-corrected chi connectivity index (χ1v) is 6.08. The largest absolute Gasteiger partial charge is 0.456 e. The van der Waals surface area contributed by atoms with E-state index in [1.807, 2.05) is 0 Å². The van der Waals surface area contributed by atoms with Crippen molar-refractivity contribution < 1.29 is 22.7 Å². The fraction of sp³-hybridized carbons (Fsp3) is 0.556. The normalized spacial score (nSPS) is 12.6. The van der Waals surface area contributed by atoms with Crippen molar-refractivity contribution in [2.75, 3.05) is 0 Å². The summed E-state index contributed by atoms with van der Waals surface area (Å²) in [5, 5.41) is 0. The van der Waals surface area contributed by atoms with Crippen molar-refractivity contribution >= 4 is 33.2 Å². The minimum absolute atomic E-state index is 0.00863. The Morgan fingerprint density at radius 1 is 1.35 bits per heavy atom. The summed E-state index contributed by atoms with van der Waals surface area (Å²) >= 11 is 3.42. The number of esters is 1.